The Morgan fingerprint density at radius 3 is 1.37 bits per heavy atom. The normalized spacial score (nSPS) is 14.2. The van der Waals surface area contributed by atoms with Crippen LogP contribution in [0.2, 0.25) is 0 Å². The summed E-state index contributed by atoms with van der Waals surface area (Å²) in [7, 11) is -4.52. The molecule has 0 bridgehead atoms. The molecule has 0 aromatic carbocycles. The highest BCUT2D eigenvalue weighted by molar-refractivity contribution is 7.47. The van der Waals surface area contributed by atoms with Crippen LogP contribution in [0.5, 0.6) is 0 Å². The largest absolute Gasteiger partial charge is 0.472 e. The molecule has 0 radical (unpaired) electrons. The first-order valence-corrected chi connectivity index (χ1v) is 26.0. The van der Waals surface area contributed by atoms with E-state index in [1.165, 1.54) is 154 Å². The van der Waals surface area contributed by atoms with Gasteiger partial charge in [-0.15, -0.1) is 0 Å². The van der Waals surface area contributed by atoms with E-state index < -0.39 is 33.2 Å². The second-order valence-corrected chi connectivity index (χ2v) is 17.9. The van der Waals surface area contributed by atoms with E-state index in [1.807, 2.05) is 0 Å². The molecule has 0 saturated heterocycles. The van der Waals surface area contributed by atoms with Gasteiger partial charge in [-0.2, -0.15) is 0 Å². The lowest BCUT2D eigenvalue weighted by Crippen LogP contribution is -2.29. The molecule has 3 unspecified atom stereocenters. The van der Waals surface area contributed by atoms with Gasteiger partial charge in [-0.25, -0.2) is 4.57 Å². The van der Waals surface area contributed by atoms with Gasteiger partial charge < -0.3 is 24.6 Å². The minimum atomic E-state index is -4.52. The summed E-state index contributed by atoms with van der Waals surface area (Å²) in [6, 6.07) is 0. The van der Waals surface area contributed by atoms with Crippen LogP contribution in [0.25, 0.3) is 0 Å². The minimum Gasteiger partial charge on any atom is -0.457 e. The molecule has 0 amide bonds. The number of rotatable bonds is 47. The fraction of sp³-hybridized carbons (Fsp3) is 0.857. The number of aliphatic hydroxyl groups is 2. The van der Waals surface area contributed by atoms with E-state index in [0.717, 1.165) is 51.4 Å². The van der Waals surface area contributed by atoms with Crippen LogP contribution in [0, 0.1) is 0 Å². The van der Waals surface area contributed by atoms with E-state index in [2.05, 4.69) is 50.3 Å². The van der Waals surface area contributed by atoms with Crippen LogP contribution in [0.1, 0.15) is 226 Å². The number of hydrogen-bond donors (Lipinski definition) is 3. The van der Waals surface area contributed by atoms with Gasteiger partial charge in [0.2, 0.25) is 0 Å². The van der Waals surface area contributed by atoms with Crippen molar-refractivity contribution in [2.24, 2.45) is 0 Å². The van der Waals surface area contributed by atoms with Crippen molar-refractivity contribution in [3.8, 4) is 0 Å². The average Bonchev–Trinajstić information content (AvgIpc) is 3.23. The molecule has 10 heteroatoms. The monoisotopic (exact) mass is 857 g/mol. The van der Waals surface area contributed by atoms with E-state index in [0.29, 0.717) is 6.61 Å². The van der Waals surface area contributed by atoms with Gasteiger partial charge in [-0.1, -0.05) is 204 Å². The number of esters is 1. The van der Waals surface area contributed by atoms with E-state index in [9.17, 15) is 19.4 Å². The van der Waals surface area contributed by atoms with Gasteiger partial charge >= 0.3 is 13.8 Å². The average molecular weight is 857 g/mol. The third kappa shape index (κ3) is 46.0. The van der Waals surface area contributed by atoms with E-state index in [1.54, 1.807) is 0 Å². The lowest BCUT2D eigenvalue weighted by molar-refractivity contribution is -0.154. The number of carbonyl (C=O) groups is 1. The SMILES string of the molecule is CCCCCCC/C=C\C/C=C\C/C=C\CCCCCCCCCCCOCC(COP(=O)(O)OCC(O)CO)OC(=O)CCCCCCCCCCCCCCCC. The highest BCUT2D eigenvalue weighted by Crippen LogP contribution is 2.43. The van der Waals surface area contributed by atoms with Gasteiger partial charge in [-0.3, -0.25) is 13.8 Å². The summed E-state index contributed by atoms with van der Waals surface area (Å²) in [6.45, 7) is 3.52. The lowest BCUT2D eigenvalue weighted by atomic mass is 10.0. The molecule has 0 aliphatic heterocycles. The van der Waals surface area contributed by atoms with Crippen LogP contribution in [0.3, 0.4) is 0 Å². The number of hydrogen-bond acceptors (Lipinski definition) is 8. The third-order valence-corrected chi connectivity index (χ3v) is 11.5. The number of aliphatic hydroxyl groups excluding tert-OH is 2. The molecule has 0 aromatic heterocycles. The highest BCUT2D eigenvalue weighted by atomic mass is 31.2. The van der Waals surface area contributed by atoms with E-state index >= 15 is 0 Å². The van der Waals surface area contributed by atoms with Gasteiger partial charge in [0.05, 0.1) is 26.4 Å². The second-order valence-electron chi connectivity index (χ2n) is 16.5. The number of unbranched alkanes of at least 4 members (excludes halogenated alkanes) is 27. The second kappa shape index (κ2) is 46.2. The number of phosphoric acid groups is 1. The molecule has 0 spiro atoms. The Labute approximate surface area is 363 Å². The summed E-state index contributed by atoms with van der Waals surface area (Å²) in [5, 5.41) is 18.4. The zero-order chi connectivity index (χ0) is 43.2. The Kier molecular flexibility index (Phi) is 45.2. The smallest absolute Gasteiger partial charge is 0.457 e. The molecule has 0 aliphatic rings. The molecule has 3 N–H and O–H groups in total. The predicted molar refractivity (Wildman–Crippen MR) is 247 cm³/mol. The van der Waals surface area contributed by atoms with Gasteiger partial charge in [0.25, 0.3) is 0 Å². The molecule has 9 nitrogen and oxygen atoms in total. The van der Waals surface area contributed by atoms with Crippen molar-refractivity contribution < 1.29 is 43.0 Å². The predicted octanol–water partition coefficient (Wildman–Crippen LogP) is 14.0. The van der Waals surface area contributed by atoms with Gasteiger partial charge in [0.1, 0.15) is 12.2 Å². The number of carbonyl (C=O) groups excluding carboxylic acids is 1. The Hall–Kier alpha value is -1.32. The van der Waals surface area contributed by atoms with Crippen molar-refractivity contribution in [3.63, 3.8) is 0 Å². The van der Waals surface area contributed by atoms with Crippen molar-refractivity contribution in [1.29, 1.82) is 0 Å². The van der Waals surface area contributed by atoms with Crippen molar-refractivity contribution >= 4 is 13.8 Å². The summed E-state index contributed by atoms with van der Waals surface area (Å²) in [6.07, 6.45) is 51.1. The first-order valence-electron chi connectivity index (χ1n) is 24.5. The van der Waals surface area contributed by atoms with Gasteiger partial charge in [0.15, 0.2) is 0 Å². The van der Waals surface area contributed by atoms with Gasteiger partial charge in [-0.05, 0) is 51.4 Å². The molecule has 0 saturated carbocycles. The zero-order valence-electron chi connectivity index (χ0n) is 38.2. The maximum atomic E-state index is 12.6. The summed E-state index contributed by atoms with van der Waals surface area (Å²) in [5.74, 6) is -0.382. The standard InChI is InChI=1S/C49H93O9P/c1-3-5-7-9-11-13-15-17-19-20-21-22-23-24-25-26-27-28-30-32-34-36-38-40-42-55-45-48(46-57-59(53,54)56-44-47(51)43-50)58-49(52)41-39-37-35-33-31-29-18-16-14-12-10-8-6-4-2/h15,17,20-21,23-24,47-48,50-51H,3-14,16,18-19,22,25-46H2,1-2H3,(H,53,54)/b17-15-,21-20-,24-23-. The molecular weight excluding hydrogens is 764 g/mol. The first-order chi connectivity index (χ1) is 28.8. The lowest BCUT2D eigenvalue weighted by Gasteiger charge is -2.20. The molecule has 59 heavy (non-hydrogen) atoms. The van der Waals surface area contributed by atoms with Crippen LogP contribution < -0.4 is 0 Å². The van der Waals surface area contributed by atoms with Crippen molar-refractivity contribution in [2.75, 3.05) is 33.0 Å². The van der Waals surface area contributed by atoms with Gasteiger partial charge in [0, 0.05) is 13.0 Å². The molecule has 3 atom stereocenters. The molecular formula is C49H93O9P. The molecule has 348 valence electrons. The molecule has 0 aliphatic carbocycles. The van der Waals surface area contributed by atoms with Crippen LogP contribution in [-0.4, -0.2) is 66.3 Å². The summed E-state index contributed by atoms with van der Waals surface area (Å²) < 4.78 is 33.5. The third-order valence-electron chi connectivity index (χ3n) is 10.6. The maximum Gasteiger partial charge on any atom is 0.472 e. The quantitative estimate of drug-likeness (QED) is 0.0237. The Morgan fingerprint density at radius 2 is 0.915 bits per heavy atom. The Balaban J connectivity index is 4.06. The van der Waals surface area contributed by atoms with Crippen LogP contribution in [0.4, 0.5) is 0 Å². The topological polar surface area (TPSA) is 132 Å². The highest BCUT2D eigenvalue weighted by Gasteiger charge is 2.26. The van der Waals surface area contributed by atoms with Crippen molar-refractivity contribution in [1.82, 2.24) is 0 Å². The maximum absolute atomic E-state index is 12.6. The van der Waals surface area contributed by atoms with E-state index in [-0.39, 0.29) is 25.6 Å². The summed E-state index contributed by atoms with van der Waals surface area (Å²) in [4.78, 5) is 22.6. The molecule has 0 fully saturated rings. The van der Waals surface area contributed by atoms with Crippen LogP contribution in [0.15, 0.2) is 36.5 Å². The number of ether oxygens (including phenoxy) is 2. The summed E-state index contributed by atoms with van der Waals surface area (Å²) in [5.41, 5.74) is 0. The fourth-order valence-electron chi connectivity index (χ4n) is 6.83. The Morgan fingerprint density at radius 1 is 0.525 bits per heavy atom. The van der Waals surface area contributed by atoms with Crippen LogP contribution >= 0.6 is 7.82 Å². The van der Waals surface area contributed by atoms with Crippen molar-refractivity contribution in [3.05, 3.63) is 36.5 Å². The first kappa shape index (κ1) is 57.7. The van der Waals surface area contributed by atoms with Crippen LogP contribution in [-0.2, 0) is 27.9 Å². The van der Waals surface area contributed by atoms with E-state index in [4.69, 9.17) is 23.6 Å². The van der Waals surface area contributed by atoms with Crippen molar-refractivity contribution in [2.45, 2.75) is 238 Å². The Bertz CT molecular complexity index is 1020. The molecule has 0 aromatic rings. The fourth-order valence-corrected chi connectivity index (χ4v) is 7.62. The zero-order valence-corrected chi connectivity index (χ0v) is 39.1. The molecule has 0 heterocycles. The minimum absolute atomic E-state index is 0.0482. The molecule has 0 rings (SSSR count). The summed E-state index contributed by atoms with van der Waals surface area (Å²) >= 11 is 0. The number of phosphoric ester groups is 1. The number of allylic oxidation sites excluding steroid dienone is 6.